The van der Waals surface area contributed by atoms with Crippen LogP contribution in [-0.4, -0.2) is 6.61 Å². The van der Waals surface area contributed by atoms with Crippen molar-refractivity contribution in [1.82, 2.24) is 0 Å². The van der Waals surface area contributed by atoms with Gasteiger partial charge in [-0.1, -0.05) is 15.9 Å². The Morgan fingerprint density at radius 2 is 2.33 bits per heavy atom. The zero-order valence-corrected chi connectivity index (χ0v) is 10.5. The van der Waals surface area contributed by atoms with E-state index in [4.69, 9.17) is 10.5 Å². The molecule has 2 rings (SSSR count). The highest BCUT2D eigenvalue weighted by Gasteiger charge is 2.22. The molecule has 1 aromatic rings. The first-order valence-corrected chi connectivity index (χ1v) is 6.23. The van der Waals surface area contributed by atoms with Gasteiger partial charge < -0.3 is 10.5 Å². The minimum atomic E-state index is 0.156. The van der Waals surface area contributed by atoms with E-state index in [0.29, 0.717) is 6.61 Å². The minimum absolute atomic E-state index is 0.156. The number of fused-ring (bicyclic) bond motifs is 1. The first-order valence-electron chi connectivity index (χ1n) is 5.43. The fourth-order valence-corrected chi connectivity index (χ4v) is 2.87. The molecule has 3 heteroatoms. The van der Waals surface area contributed by atoms with Crippen LogP contribution in [0.3, 0.4) is 0 Å². The van der Waals surface area contributed by atoms with E-state index in [-0.39, 0.29) is 6.04 Å². The largest absolute Gasteiger partial charge is 0.494 e. The van der Waals surface area contributed by atoms with E-state index < -0.39 is 0 Å². The lowest BCUT2D eigenvalue weighted by molar-refractivity contribution is 0.333. The Morgan fingerprint density at radius 3 is 3.07 bits per heavy atom. The summed E-state index contributed by atoms with van der Waals surface area (Å²) in [4.78, 5) is 0. The molecule has 1 aliphatic carbocycles. The molecule has 0 spiro atoms. The van der Waals surface area contributed by atoms with Crippen molar-refractivity contribution in [2.75, 3.05) is 6.61 Å². The second kappa shape index (κ2) is 4.54. The summed E-state index contributed by atoms with van der Waals surface area (Å²) < 4.78 is 6.75. The van der Waals surface area contributed by atoms with Gasteiger partial charge >= 0.3 is 0 Å². The van der Waals surface area contributed by atoms with Gasteiger partial charge in [0, 0.05) is 16.1 Å². The summed E-state index contributed by atoms with van der Waals surface area (Å²) >= 11 is 3.57. The molecule has 82 valence electrons. The molecule has 0 aromatic heterocycles. The monoisotopic (exact) mass is 269 g/mol. The standard InChI is InChI=1S/C12H16BrNO/c1-2-15-11-7-6-9(13)12-8(11)4-3-5-10(12)14/h6-7,10H,2-5,14H2,1H3/t10-/m1/s1. The highest BCUT2D eigenvalue weighted by atomic mass is 79.9. The van der Waals surface area contributed by atoms with Crippen molar-refractivity contribution in [2.24, 2.45) is 5.73 Å². The van der Waals surface area contributed by atoms with Crippen molar-refractivity contribution < 1.29 is 4.74 Å². The number of nitrogens with two attached hydrogens (primary N) is 1. The Balaban J connectivity index is 2.48. The van der Waals surface area contributed by atoms with Crippen LogP contribution in [-0.2, 0) is 6.42 Å². The molecule has 0 amide bonds. The van der Waals surface area contributed by atoms with Crippen LogP contribution in [0.2, 0.25) is 0 Å². The summed E-state index contributed by atoms with van der Waals surface area (Å²) in [6.45, 7) is 2.72. The molecule has 1 aliphatic rings. The van der Waals surface area contributed by atoms with Gasteiger partial charge in [-0.3, -0.25) is 0 Å². The second-order valence-electron chi connectivity index (χ2n) is 3.87. The molecule has 1 atom stereocenters. The Bertz CT molecular complexity index is 365. The number of halogens is 1. The van der Waals surface area contributed by atoms with Crippen LogP contribution in [0.5, 0.6) is 5.75 Å². The van der Waals surface area contributed by atoms with Gasteiger partial charge in [-0.15, -0.1) is 0 Å². The van der Waals surface area contributed by atoms with E-state index in [1.165, 1.54) is 11.1 Å². The van der Waals surface area contributed by atoms with E-state index in [2.05, 4.69) is 15.9 Å². The number of ether oxygens (including phenoxy) is 1. The van der Waals surface area contributed by atoms with E-state index in [1.807, 2.05) is 19.1 Å². The highest BCUT2D eigenvalue weighted by molar-refractivity contribution is 9.10. The first kappa shape index (κ1) is 11.0. The molecule has 0 radical (unpaired) electrons. The fraction of sp³-hybridized carbons (Fsp3) is 0.500. The summed E-state index contributed by atoms with van der Waals surface area (Å²) in [5.74, 6) is 1.01. The van der Waals surface area contributed by atoms with Gasteiger partial charge in [0.1, 0.15) is 5.75 Å². The zero-order valence-electron chi connectivity index (χ0n) is 8.92. The Kier molecular flexibility index (Phi) is 3.32. The topological polar surface area (TPSA) is 35.2 Å². The van der Waals surface area contributed by atoms with Gasteiger partial charge in [-0.05, 0) is 43.9 Å². The number of hydrogen-bond donors (Lipinski definition) is 1. The maximum atomic E-state index is 6.13. The van der Waals surface area contributed by atoms with Gasteiger partial charge in [0.25, 0.3) is 0 Å². The van der Waals surface area contributed by atoms with Crippen molar-refractivity contribution in [1.29, 1.82) is 0 Å². The van der Waals surface area contributed by atoms with Gasteiger partial charge in [0.2, 0.25) is 0 Å². The third kappa shape index (κ3) is 2.04. The molecule has 0 saturated carbocycles. The van der Waals surface area contributed by atoms with Gasteiger partial charge in [0.05, 0.1) is 6.61 Å². The Morgan fingerprint density at radius 1 is 1.53 bits per heavy atom. The van der Waals surface area contributed by atoms with Crippen molar-refractivity contribution in [3.63, 3.8) is 0 Å². The molecule has 0 fully saturated rings. The summed E-state index contributed by atoms with van der Waals surface area (Å²) in [5, 5.41) is 0. The molecule has 0 unspecified atom stereocenters. The number of rotatable bonds is 2. The molecular weight excluding hydrogens is 254 g/mol. The number of benzene rings is 1. The minimum Gasteiger partial charge on any atom is -0.494 e. The van der Waals surface area contributed by atoms with Crippen LogP contribution in [0.4, 0.5) is 0 Å². The van der Waals surface area contributed by atoms with Crippen LogP contribution in [0.25, 0.3) is 0 Å². The third-order valence-electron chi connectivity index (χ3n) is 2.87. The predicted octanol–water partition coefficient (Wildman–Crippen LogP) is 3.18. The summed E-state index contributed by atoms with van der Waals surface area (Å²) in [5.41, 5.74) is 8.67. The predicted molar refractivity (Wildman–Crippen MR) is 65.2 cm³/mol. The average molecular weight is 270 g/mol. The summed E-state index contributed by atoms with van der Waals surface area (Å²) in [7, 11) is 0. The molecular formula is C12H16BrNO. The molecule has 0 aliphatic heterocycles. The normalized spacial score (nSPS) is 19.8. The van der Waals surface area contributed by atoms with Gasteiger partial charge in [-0.25, -0.2) is 0 Å². The molecule has 0 heterocycles. The van der Waals surface area contributed by atoms with Crippen LogP contribution < -0.4 is 10.5 Å². The van der Waals surface area contributed by atoms with Gasteiger partial charge in [0.15, 0.2) is 0 Å². The molecule has 15 heavy (non-hydrogen) atoms. The first-order chi connectivity index (χ1) is 7.24. The smallest absolute Gasteiger partial charge is 0.122 e. The quantitative estimate of drug-likeness (QED) is 0.895. The van der Waals surface area contributed by atoms with Crippen LogP contribution in [0.1, 0.15) is 36.9 Å². The van der Waals surface area contributed by atoms with Crippen LogP contribution >= 0.6 is 15.9 Å². The molecule has 1 aromatic carbocycles. The van der Waals surface area contributed by atoms with E-state index in [1.54, 1.807) is 0 Å². The lowest BCUT2D eigenvalue weighted by Gasteiger charge is -2.25. The second-order valence-corrected chi connectivity index (χ2v) is 4.72. The summed E-state index contributed by atoms with van der Waals surface area (Å²) in [6, 6.07) is 4.22. The molecule has 0 bridgehead atoms. The average Bonchev–Trinajstić information content (AvgIpc) is 2.22. The van der Waals surface area contributed by atoms with Crippen molar-refractivity contribution in [2.45, 2.75) is 32.2 Å². The van der Waals surface area contributed by atoms with E-state index >= 15 is 0 Å². The van der Waals surface area contributed by atoms with E-state index in [9.17, 15) is 0 Å². The van der Waals surface area contributed by atoms with Crippen LogP contribution in [0, 0.1) is 0 Å². The van der Waals surface area contributed by atoms with Crippen molar-refractivity contribution >= 4 is 15.9 Å². The SMILES string of the molecule is CCOc1ccc(Br)c2c1CCC[C@H]2N. The number of hydrogen-bond acceptors (Lipinski definition) is 2. The Labute approximate surface area is 98.9 Å². The summed E-state index contributed by atoms with van der Waals surface area (Å²) in [6.07, 6.45) is 3.31. The Hall–Kier alpha value is -0.540. The van der Waals surface area contributed by atoms with Crippen molar-refractivity contribution in [3.05, 3.63) is 27.7 Å². The van der Waals surface area contributed by atoms with E-state index in [0.717, 1.165) is 29.5 Å². The van der Waals surface area contributed by atoms with Gasteiger partial charge in [-0.2, -0.15) is 0 Å². The lowest BCUT2D eigenvalue weighted by Crippen LogP contribution is -2.18. The van der Waals surface area contributed by atoms with Crippen molar-refractivity contribution in [3.8, 4) is 5.75 Å². The third-order valence-corrected chi connectivity index (χ3v) is 3.56. The lowest BCUT2D eigenvalue weighted by atomic mass is 9.87. The maximum Gasteiger partial charge on any atom is 0.122 e. The van der Waals surface area contributed by atoms with Crippen LogP contribution in [0.15, 0.2) is 16.6 Å². The molecule has 2 N–H and O–H groups in total. The highest BCUT2D eigenvalue weighted by Crippen LogP contribution is 2.38. The maximum absolute atomic E-state index is 6.13. The fourth-order valence-electron chi connectivity index (χ4n) is 2.21. The zero-order chi connectivity index (χ0) is 10.8. The molecule has 2 nitrogen and oxygen atoms in total. The molecule has 0 saturated heterocycles.